The zero-order valence-electron chi connectivity index (χ0n) is 13.6. The Morgan fingerprint density at radius 3 is 2.19 bits per heavy atom. The van der Waals surface area contributed by atoms with E-state index in [1.807, 2.05) is 53.7 Å². The van der Waals surface area contributed by atoms with Crippen LogP contribution in [-0.2, 0) is 9.31 Å². The maximum atomic E-state index is 11.3. The van der Waals surface area contributed by atoms with E-state index in [-0.39, 0.29) is 6.10 Å². The van der Waals surface area contributed by atoms with Crippen molar-refractivity contribution >= 4 is 18.9 Å². The van der Waals surface area contributed by atoms with Crippen molar-refractivity contribution in [3.05, 3.63) is 23.8 Å². The molecule has 1 aliphatic heterocycles. The van der Waals surface area contributed by atoms with Crippen LogP contribution >= 0.6 is 0 Å². The summed E-state index contributed by atoms with van der Waals surface area (Å²) in [5, 5.41) is 0. The van der Waals surface area contributed by atoms with Crippen molar-refractivity contribution in [1.82, 2.24) is 0 Å². The van der Waals surface area contributed by atoms with Gasteiger partial charge in [-0.3, -0.25) is 4.79 Å². The Hall–Kier alpha value is -1.33. The predicted octanol–water partition coefficient (Wildman–Crippen LogP) is 2.59. The molecule has 0 aromatic heterocycles. The monoisotopic (exact) mass is 290 g/mol. The Kier molecular flexibility index (Phi) is 4.18. The first kappa shape index (κ1) is 16.1. The lowest BCUT2D eigenvalue weighted by molar-refractivity contribution is 0.00578. The van der Waals surface area contributed by atoms with Gasteiger partial charge in [-0.15, -0.1) is 0 Å². The number of carbonyl (C=O) groups is 1. The summed E-state index contributed by atoms with van der Waals surface area (Å²) >= 11 is 0. The first-order valence-electron chi connectivity index (χ1n) is 7.28. The van der Waals surface area contributed by atoms with E-state index in [2.05, 4.69) is 0 Å². The van der Waals surface area contributed by atoms with Gasteiger partial charge in [-0.25, -0.2) is 0 Å². The quantitative estimate of drug-likeness (QED) is 0.631. The average molecular weight is 290 g/mol. The molecule has 1 fully saturated rings. The molecule has 4 nitrogen and oxygen atoms in total. The van der Waals surface area contributed by atoms with Gasteiger partial charge in [0.2, 0.25) is 0 Å². The Labute approximate surface area is 126 Å². The highest BCUT2D eigenvalue weighted by Gasteiger charge is 2.52. The average Bonchev–Trinajstić information content (AvgIpc) is 2.58. The molecule has 0 saturated carbocycles. The van der Waals surface area contributed by atoms with Crippen LogP contribution in [0, 0.1) is 0 Å². The minimum Gasteiger partial charge on any atom is -0.491 e. The summed E-state index contributed by atoms with van der Waals surface area (Å²) in [6.07, 6.45) is 0.763. The normalized spacial score (nSPS) is 19.9. The molecule has 21 heavy (non-hydrogen) atoms. The highest BCUT2D eigenvalue weighted by Crippen LogP contribution is 2.37. The molecule has 1 saturated heterocycles. The predicted molar refractivity (Wildman–Crippen MR) is 83.3 cm³/mol. The fourth-order valence-corrected chi connectivity index (χ4v) is 2.19. The summed E-state index contributed by atoms with van der Waals surface area (Å²) in [4.78, 5) is 11.3. The van der Waals surface area contributed by atoms with Crippen molar-refractivity contribution in [2.45, 2.75) is 58.8 Å². The largest absolute Gasteiger partial charge is 0.498 e. The highest BCUT2D eigenvalue weighted by atomic mass is 16.7. The van der Waals surface area contributed by atoms with E-state index >= 15 is 0 Å². The maximum absolute atomic E-state index is 11.3. The zero-order valence-corrected chi connectivity index (χ0v) is 13.6. The smallest absolute Gasteiger partial charge is 0.491 e. The van der Waals surface area contributed by atoms with Crippen LogP contribution in [0.4, 0.5) is 0 Å². The molecule has 0 atom stereocenters. The molecule has 114 valence electrons. The van der Waals surface area contributed by atoms with Gasteiger partial charge in [0.25, 0.3) is 0 Å². The molecule has 0 radical (unpaired) electrons. The van der Waals surface area contributed by atoms with Gasteiger partial charge < -0.3 is 14.0 Å². The molecule has 1 aromatic carbocycles. The van der Waals surface area contributed by atoms with Gasteiger partial charge in [0.1, 0.15) is 5.75 Å². The minimum atomic E-state index is -0.538. The summed E-state index contributed by atoms with van der Waals surface area (Å²) < 4.78 is 17.9. The SMILES string of the molecule is CC(C)Oc1c(C=O)cccc1B1OC(C)(C)C(C)(C)O1. The third kappa shape index (κ3) is 2.99. The maximum Gasteiger partial charge on any atom is 0.498 e. The van der Waals surface area contributed by atoms with Crippen molar-refractivity contribution in [1.29, 1.82) is 0 Å². The van der Waals surface area contributed by atoms with Gasteiger partial charge in [-0.1, -0.05) is 12.1 Å². The van der Waals surface area contributed by atoms with E-state index in [4.69, 9.17) is 14.0 Å². The van der Waals surface area contributed by atoms with Crippen molar-refractivity contribution < 1.29 is 18.8 Å². The summed E-state index contributed by atoms with van der Waals surface area (Å²) in [5.74, 6) is 0.543. The fourth-order valence-electron chi connectivity index (χ4n) is 2.19. The second kappa shape index (κ2) is 5.46. The third-order valence-corrected chi connectivity index (χ3v) is 4.06. The van der Waals surface area contributed by atoms with E-state index in [0.717, 1.165) is 11.7 Å². The number of aldehydes is 1. The van der Waals surface area contributed by atoms with E-state index in [0.29, 0.717) is 11.3 Å². The highest BCUT2D eigenvalue weighted by molar-refractivity contribution is 6.63. The lowest BCUT2D eigenvalue weighted by Gasteiger charge is -2.32. The molecule has 0 amide bonds. The topological polar surface area (TPSA) is 44.8 Å². The second-order valence-corrected chi connectivity index (χ2v) is 6.64. The van der Waals surface area contributed by atoms with Crippen LogP contribution < -0.4 is 10.2 Å². The third-order valence-electron chi connectivity index (χ3n) is 4.06. The minimum absolute atomic E-state index is 0.0349. The molecule has 1 heterocycles. The van der Waals surface area contributed by atoms with Gasteiger partial charge in [0.15, 0.2) is 6.29 Å². The standard InChI is InChI=1S/C16H23BO4/c1-11(2)19-14-12(10-18)8-7-9-13(14)17-20-15(3,4)16(5,6)21-17/h7-11H,1-6H3. The number of ether oxygens (including phenoxy) is 1. The molecule has 0 bridgehead atoms. The second-order valence-electron chi connectivity index (χ2n) is 6.64. The van der Waals surface area contributed by atoms with Crippen LogP contribution in [0.25, 0.3) is 0 Å². The molecule has 1 aromatic rings. The Morgan fingerprint density at radius 2 is 1.71 bits per heavy atom. The van der Waals surface area contributed by atoms with Gasteiger partial charge >= 0.3 is 7.12 Å². The summed E-state index contributed by atoms with van der Waals surface area (Å²) in [7, 11) is -0.538. The van der Waals surface area contributed by atoms with E-state index < -0.39 is 18.3 Å². The Morgan fingerprint density at radius 1 is 1.14 bits per heavy atom. The van der Waals surface area contributed by atoms with Crippen LogP contribution in [0.5, 0.6) is 5.75 Å². The summed E-state index contributed by atoms with van der Waals surface area (Å²) in [6.45, 7) is 11.9. The number of hydrogen-bond donors (Lipinski definition) is 0. The number of carbonyl (C=O) groups excluding carboxylic acids is 1. The van der Waals surface area contributed by atoms with Crippen molar-refractivity contribution in [2.75, 3.05) is 0 Å². The first-order valence-corrected chi connectivity index (χ1v) is 7.28. The Balaban J connectivity index is 2.43. The van der Waals surface area contributed by atoms with Crippen molar-refractivity contribution in [3.8, 4) is 5.75 Å². The summed E-state index contributed by atoms with van der Waals surface area (Å²) in [6, 6.07) is 5.43. The van der Waals surface area contributed by atoms with Gasteiger partial charge in [-0.2, -0.15) is 0 Å². The van der Waals surface area contributed by atoms with Gasteiger partial charge in [0, 0.05) is 5.46 Å². The van der Waals surface area contributed by atoms with E-state index in [1.54, 1.807) is 6.07 Å². The fraction of sp³-hybridized carbons (Fsp3) is 0.562. The van der Waals surface area contributed by atoms with Crippen LogP contribution in [0.2, 0.25) is 0 Å². The molecule has 0 aliphatic carbocycles. The number of rotatable bonds is 4. The lowest BCUT2D eigenvalue weighted by Crippen LogP contribution is -2.41. The Bertz CT molecular complexity index is 521. The van der Waals surface area contributed by atoms with E-state index in [1.165, 1.54) is 0 Å². The van der Waals surface area contributed by atoms with Crippen LogP contribution in [0.3, 0.4) is 0 Å². The van der Waals surface area contributed by atoms with Gasteiger partial charge in [-0.05, 0) is 47.6 Å². The molecule has 1 aliphatic rings. The summed E-state index contributed by atoms with van der Waals surface area (Å²) in [5.41, 5.74) is 0.413. The lowest BCUT2D eigenvalue weighted by atomic mass is 9.77. The van der Waals surface area contributed by atoms with E-state index in [9.17, 15) is 4.79 Å². The number of benzene rings is 1. The van der Waals surface area contributed by atoms with Crippen LogP contribution in [-0.4, -0.2) is 30.7 Å². The van der Waals surface area contributed by atoms with Crippen LogP contribution in [0.15, 0.2) is 18.2 Å². The zero-order chi connectivity index (χ0) is 15.8. The van der Waals surface area contributed by atoms with Crippen molar-refractivity contribution in [3.63, 3.8) is 0 Å². The molecular weight excluding hydrogens is 267 g/mol. The number of para-hydroxylation sites is 1. The first-order chi connectivity index (χ1) is 9.68. The van der Waals surface area contributed by atoms with Gasteiger partial charge in [0.05, 0.1) is 22.9 Å². The van der Waals surface area contributed by atoms with Crippen molar-refractivity contribution in [2.24, 2.45) is 0 Å². The molecule has 5 heteroatoms. The molecule has 0 unspecified atom stereocenters. The molecule has 2 rings (SSSR count). The molecule has 0 N–H and O–H groups in total. The molecular formula is C16H23BO4. The number of hydrogen-bond acceptors (Lipinski definition) is 4. The van der Waals surface area contributed by atoms with Crippen LogP contribution in [0.1, 0.15) is 51.9 Å². The molecule has 0 spiro atoms.